The lowest BCUT2D eigenvalue weighted by Crippen LogP contribution is -2.40. The number of aryl methyl sites for hydroxylation is 1. The largest absolute Gasteiger partial charge is 0.416 e. The van der Waals surface area contributed by atoms with Crippen LogP contribution in [0.15, 0.2) is 83.8 Å². The van der Waals surface area contributed by atoms with Crippen LogP contribution in [0.4, 0.5) is 18.9 Å². The van der Waals surface area contributed by atoms with Gasteiger partial charge in [-0.1, -0.05) is 24.5 Å². The number of alkyl halides is 3. The lowest BCUT2D eigenvalue weighted by Gasteiger charge is -2.38. The maximum Gasteiger partial charge on any atom is 0.416 e. The first-order valence-electron chi connectivity index (χ1n) is 11.9. The van der Waals surface area contributed by atoms with Crippen LogP contribution in [-0.4, -0.2) is 33.3 Å². The zero-order valence-electron chi connectivity index (χ0n) is 20.6. The molecule has 4 rings (SSSR count). The van der Waals surface area contributed by atoms with Crippen LogP contribution in [0.25, 0.3) is 0 Å². The number of rotatable bonds is 10. The van der Waals surface area contributed by atoms with Gasteiger partial charge in [0.15, 0.2) is 5.78 Å². The Morgan fingerprint density at radius 3 is 2.55 bits per heavy atom. The van der Waals surface area contributed by atoms with Crippen LogP contribution in [0.5, 0.6) is 0 Å². The second-order valence-corrected chi connectivity index (χ2v) is 9.39. The minimum Gasteiger partial charge on any atom is -0.355 e. The summed E-state index contributed by atoms with van der Waals surface area (Å²) in [5.41, 5.74) is 1.47. The second kappa shape index (κ2) is 11.4. The molecule has 198 valence electrons. The Morgan fingerprint density at radius 1 is 1.21 bits per heavy atom. The Hall–Kier alpha value is -3.70. The number of carbonyl (C=O) groups excluding carboxylic acids is 1. The first kappa shape index (κ1) is 27.3. The molecule has 1 aliphatic rings. The summed E-state index contributed by atoms with van der Waals surface area (Å²) in [5.74, 6) is -0.193. The Morgan fingerprint density at radius 2 is 1.97 bits per heavy atom. The molecular formula is C27H27F3N6OS. The van der Waals surface area contributed by atoms with E-state index in [9.17, 15) is 18.0 Å². The van der Waals surface area contributed by atoms with Crippen LogP contribution < -0.4 is 10.0 Å². The molecule has 0 saturated heterocycles. The third kappa shape index (κ3) is 5.89. The monoisotopic (exact) mass is 540 g/mol. The third-order valence-electron chi connectivity index (χ3n) is 6.53. The molecule has 0 radical (unpaired) electrons. The van der Waals surface area contributed by atoms with E-state index in [4.69, 9.17) is 5.41 Å². The lowest BCUT2D eigenvalue weighted by atomic mass is 9.64. The SMILES string of the molecule is Cn1ccc(CC2(C(=O)c3ccccn3)CC(C=N)=C(Nc3ccc(C(F)(F)F)cc3)C=C2CCNS)n1. The maximum absolute atomic E-state index is 14.2. The average molecular weight is 541 g/mol. The number of nitrogens with zero attached hydrogens (tertiary/aromatic N) is 3. The number of ketones is 1. The van der Waals surface area contributed by atoms with Crippen molar-refractivity contribution < 1.29 is 18.0 Å². The number of benzene rings is 1. The van der Waals surface area contributed by atoms with Crippen LogP contribution in [0.2, 0.25) is 0 Å². The van der Waals surface area contributed by atoms with E-state index >= 15 is 0 Å². The minimum absolute atomic E-state index is 0.184. The molecule has 38 heavy (non-hydrogen) atoms. The number of Topliss-reactive ketones (excluding diaryl/α,β-unsaturated/α-hetero) is 1. The Bertz CT molecular complexity index is 1370. The number of thiol groups is 1. The summed E-state index contributed by atoms with van der Waals surface area (Å²) in [6.07, 6.45) is 2.85. The van der Waals surface area contributed by atoms with Gasteiger partial charge in [-0.25, -0.2) is 0 Å². The molecule has 1 atom stereocenters. The van der Waals surface area contributed by atoms with Gasteiger partial charge in [0.05, 0.1) is 16.7 Å². The van der Waals surface area contributed by atoms with Gasteiger partial charge in [0.25, 0.3) is 0 Å². The van der Waals surface area contributed by atoms with Gasteiger partial charge in [-0.3, -0.25) is 19.2 Å². The predicted molar refractivity (Wildman–Crippen MR) is 143 cm³/mol. The summed E-state index contributed by atoms with van der Waals surface area (Å²) in [5, 5.41) is 15.8. The van der Waals surface area contributed by atoms with E-state index in [2.05, 4.69) is 32.9 Å². The smallest absolute Gasteiger partial charge is 0.355 e. The van der Waals surface area contributed by atoms with E-state index in [1.807, 2.05) is 12.1 Å². The molecule has 0 spiro atoms. The fraction of sp³-hybridized carbons (Fsp3) is 0.259. The number of carbonyl (C=O) groups is 1. The van der Waals surface area contributed by atoms with Gasteiger partial charge in [-0.05, 0) is 67.0 Å². The van der Waals surface area contributed by atoms with Crippen LogP contribution in [0.3, 0.4) is 0 Å². The summed E-state index contributed by atoms with van der Waals surface area (Å²) >= 11 is 4.13. The molecule has 0 bridgehead atoms. The summed E-state index contributed by atoms with van der Waals surface area (Å²) in [6.45, 7) is 0.460. The van der Waals surface area contributed by atoms with Crippen LogP contribution in [0.1, 0.15) is 34.6 Å². The highest BCUT2D eigenvalue weighted by Crippen LogP contribution is 2.46. The van der Waals surface area contributed by atoms with E-state index in [1.54, 1.807) is 42.3 Å². The first-order valence-corrected chi connectivity index (χ1v) is 12.3. The summed E-state index contributed by atoms with van der Waals surface area (Å²) in [7, 11) is 1.80. The Balaban J connectivity index is 1.79. The number of allylic oxidation sites excluding steroid dienone is 2. The fourth-order valence-electron chi connectivity index (χ4n) is 4.68. The van der Waals surface area contributed by atoms with Gasteiger partial charge in [0.1, 0.15) is 5.69 Å². The van der Waals surface area contributed by atoms with Crippen molar-refractivity contribution in [1.82, 2.24) is 19.5 Å². The highest BCUT2D eigenvalue weighted by atomic mass is 32.1. The lowest BCUT2D eigenvalue weighted by molar-refractivity contribution is -0.137. The van der Waals surface area contributed by atoms with Gasteiger partial charge >= 0.3 is 6.18 Å². The van der Waals surface area contributed by atoms with Crippen molar-refractivity contribution in [3.05, 3.63) is 101 Å². The van der Waals surface area contributed by atoms with E-state index in [-0.39, 0.29) is 18.6 Å². The number of nitrogens with one attached hydrogen (secondary N) is 3. The number of hydrogen-bond donors (Lipinski definition) is 4. The van der Waals surface area contributed by atoms with Gasteiger partial charge < -0.3 is 10.7 Å². The minimum atomic E-state index is -4.44. The number of pyridine rings is 1. The maximum atomic E-state index is 14.2. The quantitative estimate of drug-likeness (QED) is 0.157. The molecule has 2 aromatic heterocycles. The van der Waals surface area contributed by atoms with Crippen molar-refractivity contribution in [2.45, 2.75) is 25.4 Å². The molecule has 0 amide bonds. The standard InChI is InChI=1S/C27H27F3N6OS/c1-36-13-10-22(35-36)16-26(25(37)23-4-2-3-11-32-23)15-18(17-31)24(14-20(26)9-12-33-38)34-21-7-5-19(6-8-21)27(28,29)30/h2-8,10-11,13-14,17,31,33-34,38H,9,12,15-16H2,1H3. The number of halogens is 3. The van der Waals surface area contributed by atoms with Crippen molar-refractivity contribution in [3.63, 3.8) is 0 Å². The van der Waals surface area contributed by atoms with Crippen LogP contribution in [0, 0.1) is 10.8 Å². The molecular weight excluding hydrogens is 513 g/mol. The summed E-state index contributed by atoms with van der Waals surface area (Å²) < 4.78 is 43.6. The van der Waals surface area contributed by atoms with E-state index < -0.39 is 17.2 Å². The first-order chi connectivity index (χ1) is 18.2. The van der Waals surface area contributed by atoms with Crippen molar-refractivity contribution in [1.29, 1.82) is 5.41 Å². The molecule has 0 aliphatic heterocycles. The van der Waals surface area contributed by atoms with Gasteiger partial charge in [-0.15, -0.1) is 0 Å². The zero-order valence-corrected chi connectivity index (χ0v) is 21.5. The van der Waals surface area contributed by atoms with Crippen molar-refractivity contribution in [3.8, 4) is 0 Å². The highest BCUT2D eigenvalue weighted by Gasteiger charge is 2.46. The van der Waals surface area contributed by atoms with Gasteiger partial charge in [-0.2, -0.15) is 18.3 Å². The van der Waals surface area contributed by atoms with Crippen LogP contribution in [-0.2, 0) is 19.6 Å². The molecule has 1 aromatic carbocycles. The topological polar surface area (TPSA) is 95.7 Å². The molecule has 2 heterocycles. The summed E-state index contributed by atoms with van der Waals surface area (Å²) in [6, 6.07) is 11.7. The number of hydrogen-bond acceptors (Lipinski definition) is 7. The van der Waals surface area contributed by atoms with Gasteiger partial charge in [0, 0.05) is 50.0 Å². The second-order valence-electron chi connectivity index (χ2n) is 9.07. The van der Waals surface area contributed by atoms with Crippen molar-refractivity contribution in [2.24, 2.45) is 12.5 Å². The molecule has 7 nitrogen and oxygen atoms in total. The number of anilines is 1. The normalized spacial score (nSPS) is 17.8. The molecule has 1 unspecified atom stereocenters. The summed E-state index contributed by atoms with van der Waals surface area (Å²) in [4.78, 5) is 18.5. The van der Waals surface area contributed by atoms with Crippen molar-refractivity contribution in [2.75, 3.05) is 11.9 Å². The molecule has 0 saturated carbocycles. The Kier molecular flexibility index (Phi) is 8.17. The number of aromatic nitrogens is 3. The van der Waals surface area contributed by atoms with Crippen LogP contribution >= 0.6 is 12.8 Å². The van der Waals surface area contributed by atoms with Crippen molar-refractivity contribution >= 4 is 30.5 Å². The molecule has 3 N–H and O–H groups in total. The molecule has 1 aliphatic carbocycles. The Labute approximate surface area is 223 Å². The van der Waals surface area contributed by atoms with E-state index in [0.717, 1.165) is 17.7 Å². The molecule has 0 fully saturated rings. The van der Waals surface area contributed by atoms with E-state index in [1.165, 1.54) is 18.3 Å². The fourth-order valence-corrected chi connectivity index (χ4v) is 4.79. The highest BCUT2D eigenvalue weighted by molar-refractivity contribution is 7.78. The molecule has 11 heteroatoms. The zero-order chi connectivity index (χ0) is 27.3. The average Bonchev–Trinajstić information content (AvgIpc) is 3.32. The molecule has 3 aromatic rings. The predicted octanol–water partition coefficient (Wildman–Crippen LogP) is 5.42. The third-order valence-corrected chi connectivity index (χ3v) is 6.75. The van der Waals surface area contributed by atoms with E-state index in [0.29, 0.717) is 41.3 Å². The van der Waals surface area contributed by atoms with Gasteiger partial charge in [0.2, 0.25) is 0 Å².